The molecule has 184 valence electrons. The fourth-order valence-corrected chi connectivity index (χ4v) is 6.15. The van der Waals surface area contributed by atoms with Crippen LogP contribution in [0.3, 0.4) is 0 Å². The highest BCUT2D eigenvalue weighted by atomic mass is 32.2. The molecular weight excluding hydrogens is 509 g/mol. The fraction of sp³-hybridized carbons (Fsp3) is 0.417. The van der Waals surface area contributed by atoms with Gasteiger partial charge in [-0.1, -0.05) is 0 Å². The Kier molecular flexibility index (Phi) is 13.2. The summed E-state index contributed by atoms with van der Waals surface area (Å²) in [6, 6.07) is 15.7. The van der Waals surface area contributed by atoms with Crippen molar-refractivity contribution in [2.45, 2.75) is 9.79 Å². The standard InChI is InChI=1S/C24H30N2O4S4/c27-23-17-31-15-16-32-18-24(28)26-20-3-7-22(8-4-20)34-14-12-30-10-9-29-11-13-33-21-5-1-19(25-23)2-6-21/h1-8H,9-18H2,(H,25,27)(H,26,28). The normalized spacial score (nSPS) is 18.5. The van der Waals surface area contributed by atoms with Crippen molar-refractivity contribution in [1.82, 2.24) is 0 Å². The van der Waals surface area contributed by atoms with Gasteiger partial charge in [-0.05, 0) is 48.5 Å². The molecule has 10 heteroatoms. The number of carbonyl (C=O) groups excluding carboxylic acids is 2. The first-order chi connectivity index (χ1) is 16.7. The van der Waals surface area contributed by atoms with Gasteiger partial charge in [-0.25, -0.2) is 0 Å². The molecule has 2 aromatic rings. The number of amides is 2. The third kappa shape index (κ3) is 11.4. The van der Waals surface area contributed by atoms with Crippen LogP contribution in [0.25, 0.3) is 0 Å². The van der Waals surface area contributed by atoms with E-state index in [1.54, 1.807) is 47.0 Å². The van der Waals surface area contributed by atoms with Crippen molar-refractivity contribution in [3.8, 4) is 0 Å². The van der Waals surface area contributed by atoms with Crippen molar-refractivity contribution in [2.75, 3.05) is 71.6 Å². The number of anilines is 2. The minimum absolute atomic E-state index is 0.0152. The van der Waals surface area contributed by atoms with Crippen molar-refractivity contribution in [2.24, 2.45) is 0 Å². The van der Waals surface area contributed by atoms with Crippen LogP contribution >= 0.6 is 47.0 Å². The second-order valence-corrected chi connectivity index (χ2v) is 11.7. The Hall–Kier alpha value is -1.30. The predicted molar refractivity (Wildman–Crippen MR) is 148 cm³/mol. The Balaban J connectivity index is 1.46. The number of benzene rings is 2. The highest BCUT2D eigenvalue weighted by Crippen LogP contribution is 2.21. The van der Waals surface area contributed by atoms with E-state index in [9.17, 15) is 9.59 Å². The number of carbonyl (C=O) groups is 2. The molecule has 0 fully saturated rings. The molecule has 4 bridgehead atoms. The first kappa shape index (κ1) is 27.3. The molecule has 34 heavy (non-hydrogen) atoms. The van der Waals surface area contributed by atoms with Crippen molar-refractivity contribution < 1.29 is 19.1 Å². The molecule has 0 saturated heterocycles. The lowest BCUT2D eigenvalue weighted by Crippen LogP contribution is -2.15. The third-order valence-electron chi connectivity index (χ3n) is 4.48. The van der Waals surface area contributed by atoms with E-state index >= 15 is 0 Å². The average molecular weight is 539 g/mol. The topological polar surface area (TPSA) is 76.7 Å². The molecule has 0 aromatic heterocycles. The van der Waals surface area contributed by atoms with Crippen LogP contribution in [0.5, 0.6) is 0 Å². The summed E-state index contributed by atoms with van der Waals surface area (Å²) in [4.78, 5) is 26.6. The van der Waals surface area contributed by atoms with Gasteiger partial charge >= 0.3 is 0 Å². The molecule has 2 aromatic carbocycles. The summed E-state index contributed by atoms with van der Waals surface area (Å²) in [5.74, 6) is 4.14. The van der Waals surface area contributed by atoms with Crippen molar-refractivity contribution in [1.29, 1.82) is 0 Å². The van der Waals surface area contributed by atoms with Crippen LogP contribution in [0.4, 0.5) is 11.4 Å². The molecule has 0 saturated carbocycles. The van der Waals surface area contributed by atoms with Gasteiger partial charge in [0, 0.05) is 44.2 Å². The Morgan fingerprint density at radius 1 is 0.559 bits per heavy atom. The van der Waals surface area contributed by atoms with Crippen LogP contribution in [0.1, 0.15) is 0 Å². The largest absolute Gasteiger partial charge is 0.378 e. The number of rotatable bonds is 0. The maximum Gasteiger partial charge on any atom is 0.234 e. The average Bonchev–Trinajstić information content (AvgIpc) is 2.84. The molecule has 4 aliphatic rings. The van der Waals surface area contributed by atoms with Crippen LogP contribution in [0.2, 0.25) is 0 Å². The summed E-state index contributed by atoms with van der Waals surface area (Å²) < 4.78 is 11.3. The second kappa shape index (κ2) is 16.4. The molecule has 0 unspecified atom stereocenters. The van der Waals surface area contributed by atoms with Gasteiger partial charge in [0.05, 0.1) is 37.9 Å². The number of hydrogen-bond donors (Lipinski definition) is 2. The summed E-state index contributed by atoms with van der Waals surface area (Å²) in [5.41, 5.74) is 1.60. The van der Waals surface area contributed by atoms with Crippen LogP contribution in [-0.2, 0) is 19.1 Å². The highest BCUT2D eigenvalue weighted by molar-refractivity contribution is 8.03. The van der Waals surface area contributed by atoms with Crippen molar-refractivity contribution in [3.63, 3.8) is 0 Å². The smallest absolute Gasteiger partial charge is 0.234 e. The zero-order valence-electron chi connectivity index (χ0n) is 19.0. The lowest BCUT2D eigenvalue weighted by molar-refractivity contribution is -0.114. The van der Waals surface area contributed by atoms with E-state index in [1.165, 1.54) is 0 Å². The number of thioether (sulfide) groups is 4. The molecular formula is C24H30N2O4S4. The Morgan fingerprint density at radius 3 is 1.38 bits per heavy atom. The van der Waals surface area contributed by atoms with Gasteiger partial charge in [0.15, 0.2) is 0 Å². The summed E-state index contributed by atoms with van der Waals surface area (Å²) in [7, 11) is 0. The molecule has 0 aliphatic carbocycles. The lowest BCUT2D eigenvalue weighted by atomic mass is 10.3. The van der Waals surface area contributed by atoms with Crippen LogP contribution in [0, 0.1) is 0 Å². The van der Waals surface area contributed by atoms with Crippen LogP contribution in [-0.4, -0.2) is 72.8 Å². The number of nitrogens with one attached hydrogen (secondary N) is 2. The summed E-state index contributed by atoms with van der Waals surface area (Å²) in [6.45, 7) is 2.50. The van der Waals surface area contributed by atoms with Gasteiger partial charge in [0.25, 0.3) is 0 Å². The first-order valence-electron chi connectivity index (χ1n) is 11.1. The van der Waals surface area contributed by atoms with E-state index < -0.39 is 0 Å². The van der Waals surface area contributed by atoms with Crippen LogP contribution in [0.15, 0.2) is 58.3 Å². The van der Waals surface area contributed by atoms with Gasteiger partial charge < -0.3 is 20.1 Å². The highest BCUT2D eigenvalue weighted by Gasteiger charge is 2.06. The first-order valence-corrected chi connectivity index (χ1v) is 15.3. The monoisotopic (exact) mass is 538 g/mol. The quantitative estimate of drug-likeness (QED) is 0.487. The van der Waals surface area contributed by atoms with Gasteiger partial charge in [-0.3, -0.25) is 9.59 Å². The summed E-state index contributed by atoms with van der Waals surface area (Å²) in [6.07, 6.45) is 0. The molecule has 4 heterocycles. The Labute approximate surface area is 218 Å². The maximum atomic E-state index is 12.2. The van der Waals surface area contributed by atoms with Crippen molar-refractivity contribution >= 4 is 70.2 Å². The number of ether oxygens (including phenoxy) is 2. The molecule has 0 radical (unpaired) electrons. The third-order valence-corrected chi connectivity index (χ3v) is 8.61. The summed E-state index contributed by atoms with van der Waals surface area (Å²) >= 11 is 6.60. The van der Waals surface area contributed by atoms with Crippen molar-refractivity contribution in [3.05, 3.63) is 48.5 Å². The molecule has 6 nitrogen and oxygen atoms in total. The second-order valence-electron chi connectivity index (χ2n) is 7.17. The number of hydrogen-bond acceptors (Lipinski definition) is 8. The van der Waals surface area contributed by atoms with Gasteiger partial charge in [-0.2, -0.15) is 23.5 Å². The van der Waals surface area contributed by atoms with E-state index in [0.717, 1.165) is 44.2 Å². The molecule has 4 aliphatic heterocycles. The van der Waals surface area contributed by atoms with E-state index in [-0.39, 0.29) is 11.8 Å². The van der Waals surface area contributed by atoms with Crippen LogP contribution < -0.4 is 10.6 Å². The van der Waals surface area contributed by atoms with E-state index in [2.05, 4.69) is 10.6 Å². The fourth-order valence-electron chi connectivity index (χ4n) is 2.87. The minimum atomic E-state index is -0.0152. The molecule has 0 spiro atoms. The lowest BCUT2D eigenvalue weighted by Gasteiger charge is -2.09. The van der Waals surface area contributed by atoms with E-state index in [0.29, 0.717) is 37.9 Å². The predicted octanol–water partition coefficient (Wildman–Crippen LogP) is 4.96. The zero-order valence-corrected chi connectivity index (χ0v) is 22.2. The zero-order chi connectivity index (χ0) is 23.8. The molecule has 2 amide bonds. The van der Waals surface area contributed by atoms with E-state index in [1.807, 2.05) is 48.5 Å². The Bertz CT molecular complexity index is 808. The van der Waals surface area contributed by atoms with Gasteiger partial charge in [0.1, 0.15) is 0 Å². The Morgan fingerprint density at radius 2 is 0.971 bits per heavy atom. The van der Waals surface area contributed by atoms with Gasteiger partial charge in [0.2, 0.25) is 11.8 Å². The molecule has 2 N–H and O–H groups in total. The maximum absolute atomic E-state index is 12.2. The van der Waals surface area contributed by atoms with E-state index in [4.69, 9.17) is 9.47 Å². The molecule has 0 atom stereocenters. The molecule has 6 rings (SSSR count). The minimum Gasteiger partial charge on any atom is -0.378 e. The van der Waals surface area contributed by atoms with Gasteiger partial charge in [-0.15, -0.1) is 23.5 Å². The SMILES string of the molecule is O=C1CSCCSCC(=O)Nc2ccc(cc2)SCCOCCOCCSc2ccc(cc2)N1. The summed E-state index contributed by atoms with van der Waals surface area (Å²) in [5, 5.41) is 5.86.